The van der Waals surface area contributed by atoms with Crippen LogP contribution in [0.3, 0.4) is 0 Å². The smallest absolute Gasteiger partial charge is 0.222 e. The van der Waals surface area contributed by atoms with Crippen LogP contribution in [0.25, 0.3) is 0 Å². The van der Waals surface area contributed by atoms with Crippen LogP contribution in [0.4, 0.5) is 0 Å². The van der Waals surface area contributed by atoms with Crippen LogP contribution in [0.5, 0.6) is 11.5 Å². The molecule has 26 heavy (non-hydrogen) atoms. The molecule has 2 rings (SSSR count). The Labute approximate surface area is 157 Å². The molecule has 6 nitrogen and oxygen atoms in total. The van der Waals surface area contributed by atoms with Crippen molar-refractivity contribution in [2.24, 2.45) is 0 Å². The van der Waals surface area contributed by atoms with Crippen LogP contribution in [0.15, 0.2) is 35.7 Å². The minimum atomic E-state index is -0.298. The Balaban J connectivity index is 1.87. The third kappa shape index (κ3) is 5.77. The highest BCUT2D eigenvalue weighted by Gasteiger charge is 2.17. The zero-order chi connectivity index (χ0) is 18.9. The second-order valence-electron chi connectivity index (χ2n) is 5.76. The average Bonchev–Trinajstić information content (AvgIpc) is 3.15. The van der Waals surface area contributed by atoms with Crippen molar-refractivity contribution in [3.05, 3.63) is 46.2 Å². The molecular formula is C19H24N2O4S. The fraction of sp³-hybridized carbons (Fsp3) is 0.368. The summed E-state index contributed by atoms with van der Waals surface area (Å²) in [6.07, 6.45) is 0.891. The molecule has 1 atom stereocenters. The second-order valence-corrected chi connectivity index (χ2v) is 6.74. The van der Waals surface area contributed by atoms with Crippen LogP contribution in [0.1, 0.15) is 29.8 Å². The lowest BCUT2D eigenvalue weighted by Gasteiger charge is -2.16. The van der Waals surface area contributed by atoms with Crippen molar-refractivity contribution >= 4 is 23.2 Å². The van der Waals surface area contributed by atoms with Gasteiger partial charge in [0.25, 0.3) is 0 Å². The monoisotopic (exact) mass is 376 g/mol. The minimum Gasteiger partial charge on any atom is -0.493 e. The molecule has 7 heteroatoms. The van der Waals surface area contributed by atoms with E-state index in [1.807, 2.05) is 35.7 Å². The Morgan fingerprint density at radius 3 is 2.54 bits per heavy atom. The number of benzene rings is 1. The maximum Gasteiger partial charge on any atom is 0.222 e. The molecule has 0 saturated carbocycles. The summed E-state index contributed by atoms with van der Waals surface area (Å²) >= 11 is 1.52. The van der Waals surface area contributed by atoms with Crippen molar-refractivity contribution in [3.8, 4) is 11.5 Å². The first-order chi connectivity index (χ1) is 12.5. The van der Waals surface area contributed by atoms with Crippen LogP contribution < -0.4 is 20.1 Å². The predicted molar refractivity (Wildman–Crippen MR) is 102 cm³/mol. The third-order valence-corrected chi connectivity index (χ3v) is 4.82. The highest BCUT2D eigenvalue weighted by molar-refractivity contribution is 7.10. The maximum atomic E-state index is 12.2. The quantitative estimate of drug-likeness (QED) is 0.705. The van der Waals surface area contributed by atoms with Gasteiger partial charge in [-0.3, -0.25) is 9.59 Å². The molecule has 140 valence electrons. The number of hydrogen-bond donors (Lipinski definition) is 2. The van der Waals surface area contributed by atoms with Crippen LogP contribution in [-0.4, -0.2) is 32.6 Å². The molecule has 1 heterocycles. The van der Waals surface area contributed by atoms with E-state index in [0.29, 0.717) is 24.5 Å². The molecule has 0 radical (unpaired) electrons. The lowest BCUT2D eigenvalue weighted by Crippen LogP contribution is -2.33. The normalized spacial score (nSPS) is 11.5. The first-order valence-corrected chi connectivity index (χ1v) is 9.19. The van der Waals surface area contributed by atoms with Gasteiger partial charge in [-0.1, -0.05) is 12.1 Å². The molecule has 1 aromatic carbocycles. The van der Waals surface area contributed by atoms with Gasteiger partial charge in [0.1, 0.15) is 0 Å². The van der Waals surface area contributed by atoms with Gasteiger partial charge in [-0.2, -0.15) is 0 Å². The number of thiophene rings is 1. The molecule has 0 fully saturated rings. The van der Waals surface area contributed by atoms with Gasteiger partial charge < -0.3 is 20.1 Å². The van der Waals surface area contributed by atoms with Gasteiger partial charge in [0.05, 0.1) is 26.7 Å². The number of nitrogens with one attached hydrogen (secondary N) is 2. The summed E-state index contributed by atoms with van der Waals surface area (Å²) in [5, 5.41) is 7.66. The first kappa shape index (κ1) is 19.8. The van der Waals surface area contributed by atoms with Crippen LogP contribution in [-0.2, 0) is 16.0 Å². The summed E-state index contributed by atoms with van der Waals surface area (Å²) in [6.45, 7) is 1.96. The Bertz CT molecular complexity index is 731. The molecule has 0 aliphatic carbocycles. The maximum absolute atomic E-state index is 12.2. The Morgan fingerprint density at radius 1 is 1.15 bits per heavy atom. The third-order valence-electron chi connectivity index (χ3n) is 3.84. The number of ether oxygens (including phenoxy) is 2. The summed E-state index contributed by atoms with van der Waals surface area (Å²) in [6, 6.07) is 9.22. The Hall–Kier alpha value is -2.54. The first-order valence-electron chi connectivity index (χ1n) is 8.31. The molecule has 2 N–H and O–H groups in total. The van der Waals surface area contributed by atoms with Gasteiger partial charge in [-0.15, -0.1) is 11.3 Å². The molecule has 1 aromatic heterocycles. The van der Waals surface area contributed by atoms with Gasteiger partial charge in [0.2, 0.25) is 11.8 Å². The molecule has 0 aliphatic rings. The van der Waals surface area contributed by atoms with Crippen molar-refractivity contribution in [1.29, 1.82) is 0 Å². The van der Waals surface area contributed by atoms with Crippen LogP contribution in [0.2, 0.25) is 0 Å². The van der Waals surface area contributed by atoms with E-state index in [1.54, 1.807) is 14.2 Å². The number of methoxy groups -OCH3 is 2. The van der Waals surface area contributed by atoms with E-state index < -0.39 is 0 Å². The summed E-state index contributed by atoms with van der Waals surface area (Å²) < 4.78 is 10.5. The van der Waals surface area contributed by atoms with E-state index in [2.05, 4.69) is 10.6 Å². The SMILES string of the molecule is COc1ccc(CCNC(=O)C[C@H](NC(C)=O)c2cccs2)cc1OC. The second kappa shape index (κ2) is 9.82. The lowest BCUT2D eigenvalue weighted by atomic mass is 10.1. The predicted octanol–water partition coefficient (Wildman–Crippen LogP) is 2.69. The van der Waals surface area contributed by atoms with Crippen LogP contribution in [0, 0.1) is 0 Å². The van der Waals surface area contributed by atoms with Gasteiger partial charge in [-0.05, 0) is 35.6 Å². The fourth-order valence-corrected chi connectivity index (χ4v) is 3.38. The van der Waals surface area contributed by atoms with Gasteiger partial charge in [-0.25, -0.2) is 0 Å². The highest BCUT2D eigenvalue weighted by atomic mass is 32.1. The van der Waals surface area contributed by atoms with Crippen molar-refractivity contribution in [2.75, 3.05) is 20.8 Å². The summed E-state index contributed by atoms with van der Waals surface area (Å²) in [5.74, 6) is 1.09. The molecule has 2 amide bonds. The van der Waals surface area contributed by atoms with Crippen molar-refractivity contribution < 1.29 is 19.1 Å². The number of carbonyl (C=O) groups excluding carboxylic acids is 2. The molecule has 0 unspecified atom stereocenters. The van der Waals surface area contributed by atoms with Gasteiger partial charge in [0, 0.05) is 18.3 Å². The Morgan fingerprint density at radius 2 is 1.92 bits per heavy atom. The average molecular weight is 376 g/mol. The minimum absolute atomic E-state index is 0.0994. The zero-order valence-electron chi connectivity index (χ0n) is 15.2. The molecule has 0 aliphatic heterocycles. The molecule has 2 aromatic rings. The highest BCUT2D eigenvalue weighted by Crippen LogP contribution is 2.27. The lowest BCUT2D eigenvalue weighted by molar-refractivity contribution is -0.122. The standard InChI is InChI=1S/C19H24N2O4S/c1-13(22)21-15(18-5-4-10-26-18)12-19(23)20-9-8-14-6-7-16(24-2)17(11-14)25-3/h4-7,10-11,15H,8-9,12H2,1-3H3,(H,20,23)(H,21,22)/t15-/m0/s1. The summed E-state index contributed by atoms with van der Waals surface area (Å²) in [7, 11) is 3.19. The van der Waals surface area contributed by atoms with E-state index in [4.69, 9.17) is 9.47 Å². The summed E-state index contributed by atoms with van der Waals surface area (Å²) in [5.41, 5.74) is 1.04. The number of hydrogen-bond acceptors (Lipinski definition) is 5. The van der Waals surface area contributed by atoms with E-state index in [9.17, 15) is 9.59 Å². The summed E-state index contributed by atoms with van der Waals surface area (Å²) in [4.78, 5) is 24.6. The zero-order valence-corrected chi connectivity index (χ0v) is 16.0. The number of carbonyl (C=O) groups is 2. The van der Waals surface area contributed by atoms with Gasteiger partial charge >= 0.3 is 0 Å². The van der Waals surface area contributed by atoms with Crippen LogP contribution >= 0.6 is 11.3 Å². The largest absolute Gasteiger partial charge is 0.493 e. The van der Waals surface area contributed by atoms with E-state index in [-0.39, 0.29) is 24.3 Å². The Kier molecular flexibility index (Phi) is 7.47. The fourth-order valence-electron chi connectivity index (χ4n) is 2.60. The molecule has 0 bridgehead atoms. The van der Waals surface area contributed by atoms with E-state index in [0.717, 1.165) is 10.4 Å². The van der Waals surface area contributed by atoms with E-state index >= 15 is 0 Å². The molecular weight excluding hydrogens is 352 g/mol. The van der Waals surface area contributed by atoms with E-state index in [1.165, 1.54) is 18.3 Å². The van der Waals surface area contributed by atoms with Crippen molar-refractivity contribution in [2.45, 2.75) is 25.8 Å². The number of rotatable bonds is 9. The van der Waals surface area contributed by atoms with Crippen molar-refractivity contribution in [3.63, 3.8) is 0 Å². The number of amides is 2. The molecule has 0 saturated heterocycles. The topological polar surface area (TPSA) is 76.7 Å². The molecule has 0 spiro atoms. The van der Waals surface area contributed by atoms with Gasteiger partial charge in [0.15, 0.2) is 11.5 Å². The van der Waals surface area contributed by atoms with Crippen molar-refractivity contribution in [1.82, 2.24) is 10.6 Å².